The molecule has 1 aromatic carbocycles. The van der Waals surface area contributed by atoms with Crippen LogP contribution < -0.4 is 15.0 Å². The fourth-order valence-corrected chi connectivity index (χ4v) is 4.45. The van der Waals surface area contributed by atoms with E-state index in [2.05, 4.69) is 15.0 Å². The lowest BCUT2D eigenvalue weighted by atomic mass is 10.1. The first kappa shape index (κ1) is 16.0. The highest BCUT2D eigenvalue weighted by Crippen LogP contribution is 2.35. The summed E-state index contributed by atoms with van der Waals surface area (Å²) in [6, 6.07) is 9.64. The molecule has 5 rings (SSSR count). The molecule has 0 saturated carbocycles. The maximum atomic E-state index is 12.7. The predicted octanol–water partition coefficient (Wildman–Crippen LogP) is 3.67. The van der Waals surface area contributed by atoms with Gasteiger partial charge in [-0.1, -0.05) is 6.07 Å². The third-order valence-electron chi connectivity index (χ3n) is 4.64. The van der Waals surface area contributed by atoms with Crippen molar-refractivity contribution in [2.24, 2.45) is 0 Å². The summed E-state index contributed by atoms with van der Waals surface area (Å²) in [5.74, 6) is 2.07. The second-order valence-electron chi connectivity index (χ2n) is 6.35. The summed E-state index contributed by atoms with van der Waals surface area (Å²) in [5.41, 5.74) is 2.75. The number of nitrogens with one attached hydrogen (secondary N) is 1. The van der Waals surface area contributed by atoms with Crippen molar-refractivity contribution in [1.82, 2.24) is 15.0 Å². The Bertz CT molecular complexity index is 1210. The standard InChI is InChI=1S/C20H15N3O3S/c1-11-16(8-12-4-5-14-15(7-12)26-10-25-14)27-20-17(11)19(24)22-18(23-20)13-3-2-6-21-9-13/h2-7,9H,8,10H2,1H3,(H,22,23,24). The third kappa shape index (κ3) is 2.76. The number of nitrogens with zero attached hydrogens (tertiary/aromatic N) is 2. The Morgan fingerprint density at radius 3 is 2.96 bits per heavy atom. The first-order chi connectivity index (χ1) is 13.2. The van der Waals surface area contributed by atoms with Gasteiger partial charge in [0.25, 0.3) is 5.56 Å². The molecule has 0 atom stereocenters. The normalized spacial score (nSPS) is 12.6. The third-order valence-corrected chi connectivity index (χ3v) is 5.82. The summed E-state index contributed by atoms with van der Waals surface area (Å²) >= 11 is 1.55. The van der Waals surface area contributed by atoms with Crippen molar-refractivity contribution in [3.63, 3.8) is 0 Å². The Morgan fingerprint density at radius 1 is 1.22 bits per heavy atom. The molecular formula is C20H15N3O3S. The minimum Gasteiger partial charge on any atom is -0.454 e. The van der Waals surface area contributed by atoms with Crippen LogP contribution in [0.2, 0.25) is 0 Å². The van der Waals surface area contributed by atoms with E-state index in [1.54, 1.807) is 23.7 Å². The van der Waals surface area contributed by atoms with E-state index in [9.17, 15) is 4.79 Å². The maximum absolute atomic E-state index is 12.7. The second-order valence-corrected chi connectivity index (χ2v) is 7.43. The zero-order chi connectivity index (χ0) is 18.4. The number of ether oxygens (including phenoxy) is 2. The number of pyridine rings is 1. The van der Waals surface area contributed by atoms with Gasteiger partial charge in [0, 0.05) is 29.3 Å². The number of aryl methyl sites for hydroxylation is 1. The van der Waals surface area contributed by atoms with Crippen molar-refractivity contribution >= 4 is 21.6 Å². The minimum atomic E-state index is -0.121. The van der Waals surface area contributed by atoms with Gasteiger partial charge in [-0.2, -0.15) is 0 Å². The highest BCUT2D eigenvalue weighted by Gasteiger charge is 2.17. The van der Waals surface area contributed by atoms with Gasteiger partial charge in [0.15, 0.2) is 11.5 Å². The van der Waals surface area contributed by atoms with E-state index in [1.807, 2.05) is 37.3 Å². The molecule has 0 saturated heterocycles. The molecule has 1 aliphatic heterocycles. The predicted molar refractivity (Wildman–Crippen MR) is 104 cm³/mol. The van der Waals surface area contributed by atoms with Gasteiger partial charge in [-0.15, -0.1) is 11.3 Å². The van der Waals surface area contributed by atoms with Crippen molar-refractivity contribution < 1.29 is 9.47 Å². The van der Waals surface area contributed by atoms with Gasteiger partial charge in [-0.25, -0.2) is 4.98 Å². The van der Waals surface area contributed by atoms with E-state index in [1.165, 1.54) is 0 Å². The minimum absolute atomic E-state index is 0.121. The molecule has 0 bridgehead atoms. The SMILES string of the molecule is Cc1c(Cc2ccc3c(c2)OCO3)sc2nc(-c3cccnc3)[nH]c(=O)c12. The molecule has 134 valence electrons. The van der Waals surface area contributed by atoms with Crippen molar-refractivity contribution in [1.29, 1.82) is 0 Å². The Kier molecular flexibility index (Phi) is 3.68. The Morgan fingerprint density at radius 2 is 2.11 bits per heavy atom. The average Bonchev–Trinajstić information content (AvgIpc) is 3.27. The summed E-state index contributed by atoms with van der Waals surface area (Å²) < 4.78 is 10.8. The van der Waals surface area contributed by atoms with Gasteiger partial charge < -0.3 is 14.5 Å². The van der Waals surface area contributed by atoms with E-state index in [4.69, 9.17) is 9.47 Å². The molecule has 6 nitrogen and oxygen atoms in total. The van der Waals surface area contributed by atoms with Crippen LogP contribution in [0.4, 0.5) is 0 Å². The van der Waals surface area contributed by atoms with Gasteiger partial charge in [0.1, 0.15) is 10.7 Å². The van der Waals surface area contributed by atoms with E-state index in [0.29, 0.717) is 17.6 Å². The first-order valence-electron chi connectivity index (χ1n) is 8.50. The summed E-state index contributed by atoms with van der Waals surface area (Å²) in [4.78, 5) is 26.2. The summed E-state index contributed by atoms with van der Waals surface area (Å²) in [5, 5.41) is 0.656. The number of fused-ring (bicyclic) bond motifs is 2. The van der Waals surface area contributed by atoms with Crippen LogP contribution in [0, 0.1) is 6.92 Å². The molecule has 0 amide bonds. The Hall–Kier alpha value is -3.19. The number of aromatic amines is 1. The van der Waals surface area contributed by atoms with Crippen LogP contribution in [0.15, 0.2) is 47.5 Å². The number of H-pyrrole nitrogens is 1. The van der Waals surface area contributed by atoms with Crippen LogP contribution in [0.3, 0.4) is 0 Å². The maximum Gasteiger partial charge on any atom is 0.260 e. The lowest BCUT2D eigenvalue weighted by molar-refractivity contribution is 0.174. The molecule has 27 heavy (non-hydrogen) atoms. The van der Waals surface area contributed by atoms with Crippen molar-refractivity contribution in [3.05, 3.63) is 69.1 Å². The lowest BCUT2D eigenvalue weighted by Gasteiger charge is -2.02. The zero-order valence-electron chi connectivity index (χ0n) is 14.5. The van der Waals surface area contributed by atoms with Gasteiger partial charge in [0.05, 0.1) is 5.39 Å². The van der Waals surface area contributed by atoms with Gasteiger partial charge in [-0.3, -0.25) is 9.78 Å². The Balaban J connectivity index is 1.57. The summed E-state index contributed by atoms with van der Waals surface area (Å²) in [6.45, 7) is 2.24. The molecule has 4 heterocycles. The van der Waals surface area contributed by atoms with Crippen LogP contribution in [0.25, 0.3) is 21.6 Å². The summed E-state index contributed by atoms with van der Waals surface area (Å²) in [6.07, 6.45) is 4.10. The molecule has 0 fully saturated rings. The number of benzene rings is 1. The monoisotopic (exact) mass is 377 g/mol. The zero-order valence-corrected chi connectivity index (χ0v) is 15.3. The summed E-state index contributed by atoms with van der Waals surface area (Å²) in [7, 11) is 0. The number of hydrogen-bond donors (Lipinski definition) is 1. The topological polar surface area (TPSA) is 77.1 Å². The molecule has 0 spiro atoms. The largest absolute Gasteiger partial charge is 0.454 e. The van der Waals surface area contributed by atoms with E-state index >= 15 is 0 Å². The van der Waals surface area contributed by atoms with E-state index in [-0.39, 0.29) is 12.4 Å². The highest BCUT2D eigenvalue weighted by molar-refractivity contribution is 7.18. The number of thiophene rings is 1. The van der Waals surface area contributed by atoms with Gasteiger partial charge in [-0.05, 0) is 42.3 Å². The van der Waals surface area contributed by atoms with Gasteiger partial charge in [0.2, 0.25) is 6.79 Å². The number of aromatic nitrogens is 3. The van der Waals surface area contributed by atoms with Crippen LogP contribution in [-0.2, 0) is 6.42 Å². The Labute approximate surface area is 158 Å². The molecule has 1 N–H and O–H groups in total. The molecule has 0 unspecified atom stereocenters. The molecule has 0 aliphatic carbocycles. The average molecular weight is 377 g/mol. The van der Waals surface area contributed by atoms with Crippen LogP contribution >= 0.6 is 11.3 Å². The molecule has 0 radical (unpaired) electrons. The van der Waals surface area contributed by atoms with Crippen molar-refractivity contribution in [3.8, 4) is 22.9 Å². The molecule has 4 aromatic rings. The van der Waals surface area contributed by atoms with Crippen molar-refractivity contribution in [2.75, 3.05) is 6.79 Å². The highest BCUT2D eigenvalue weighted by atomic mass is 32.1. The quantitative estimate of drug-likeness (QED) is 0.589. The van der Waals surface area contributed by atoms with Crippen LogP contribution in [0.5, 0.6) is 11.5 Å². The number of hydrogen-bond acceptors (Lipinski definition) is 6. The molecule has 7 heteroatoms. The first-order valence-corrected chi connectivity index (χ1v) is 9.32. The van der Waals surface area contributed by atoms with Crippen LogP contribution in [-0.4, -0.2) is 21.7 Å². The fourth-order valence-electron chi connectivity index (χ4n) is 3.23. The van der Waals surface area contributed by atoms with Gasteiger partial charge >= 0.3 is 0 Å². The molecule has 3 aromatic heterocycles. The van der Waals surface area contributed by atoms with E-state index in [0.717, 1.165) is 37.9 Å². The van der Waals surface area contributed by atoms with Crippen molar-refractivity contribution in [2.45, 2.75) is 13.3 Å². The lowest BCUT2D eigenvalue weighted by Crippen LogP contribution is -2.09. The number of rotatable bonds is 3. The molecule has 1 aliphatic rings. The van der Waals surface area contributed by atoms with Crippen LogP contribution in [0.1, 0.15) is 16.0 Å². The smallest absolute Gasteiger partial charge is 0.260 e. The fraction of sp³-hybridized carbons (Fsp3) is 0.150. The van der Waals surface area contributed by atoms with E-state index < -0.39 is 0 Å². The second kappa shape index (κ2) is 6.21. The molecular weight excluding hydrogens is 362 g/mol.